The number of nitrogens with one attached hydrogen (secondary N) is 2. The van der Waals surface area contributed by atoms with Gasteiger partial charge in [-0.2, -0.15) is 0 Å². The predicted octanol–water partition coefficient (Wildman–Crippen LogP) is 1.05. The molecule has 0 bridgehead atoms. The first-order valence-corrected chi connectivity index (χ1v) is 6.66. The van der Waals surface area contributed by atoms with Crippen molar-refractivity contribution in [3.05, 3.63) is 40.5 Å². The van der Waals surface area contributed by atoms with E-state index in [4.69, 9.17) is 0 Å². The van der Waals surface area contributed by atoms with Crippen LogP contribution >= 0.6 is 11.8 Å². The highest BCUT2D eigenvalue weighted by molar-refractivity contribution is 8.00. The lowest BCUT2D eigenvalue weighted by atomic mass is 10.3. The summed E-state index contributed by atoms with van der Waals surface area (Å²) in [5.41, 5.74) is -0.0340. The van der Waals surface area contributed by atoms with Gasteiger partial charge in [0.05, 0.1) is 5.25 Å². The van der Waals surface area contributed by atoms with E-state index in [9.17, 15) is 14.0 Å². The number of thioether (sulfide) groups is 1. The predicted molar refractivity (Wildman–Crippen MR) is 70.9 cm³/mol. The van der Waals surface area contributed by atoms with Gasteiger partial charge < -0.3 is 5.32 Å². The number of amides is 1. The van der Waals surface area contributed by atoms with Gasteiger partial charge in [0.15, 0.2) is 7.05 Å². The Balaban J connectivity index is 2.02. The first-order chi connectivity index (χ1) is 9.47. The third kappa shape index (κ3) is 3.27. The van der Waals surface area contributed by atoms with Crippen molar-refractivity contribution in [1.29, 1.82) is 0 Å². The molecule has 0 saturated heterocycles. The zero-order chi connectivity index (χ0) is 14.7. The number of hydrogen-bond donors (Lipinski definition) is 2. The Labute approximate surface area is 117 Å². The average molecular weight is 298 g/mol. The van der Waals surface area contributed by atoms with Crippen LogP contribution in [-0.4, -0.2) is 16.4 Å². The molecule has 0 aliphatic carbocycles. The lowest BCUT2D eigenvalue weighted by Gasteiger charge is -2.09. The summed E-state index contributed by atoms with van der Waals surface area (Å²) in [4.78, 5) is 23.3. The van der Waals surface area contributed by atoms with Gasteiger partial charge in [0.1, 0.15) is 5.82 Å². The Kier molecular flexibility index (Phi) is 4.23. The SMILES string of the molecule is CC(Sc1c(=O)o[nH][n+]1C)C(=O)Nc1ccc(F)cc1. The monoisotopic (exact) mass is 298 g/mol. The van der Waals surface area contributed by atoms with Crippen LogP contribution in [0.4, 0.5) is 10.1 Å². The first-order valence-electron chi connectivity index (χ1n) is 5.78. The Morgan fingerprint density at radius 3 is 2.65 bits per heavy atom. The number of halogens is 1. The normalized spacial score (nSPS) is 12.2. The molecule has 6 nitrogen and oxygen atoms in total. The maximum Gasteiger partial charge on any atom is 0.441 e. The maximum absolute atomic E-state index is 12.8. The largest absolute Gasteiger partial charge is 0.441 e. The molecule has 0 spiro atoms. The van der Waals surface area contributed by atoms with Crippen molar-refractivity contribution in [2.75, 3.05) is 5.32 Å². The fraction of sp³-hybridized carbons (Fsp3) is 0.250. The summed E-state index contributed by atoms with van der Waals surface area (Å²) in [6.45, 7) is 1.66. The number of benzene rings is 1. The number of aromatic amines is 1. The molecule has 106 valence electrons. The number of H-pyrrole nitrogens is 1. The van der Waals surface area contributed by atoms with Gasteiger partial charge in [-0.1, -0.05) is 4.68 Å². The van der Waals surface area contributed by atoms with Gasteiger partial charge >= 0.3 is 10.7 Å². The van der Waals surface area contributed by atoms with Crippen molar-refractivity contribution < 1.29 is 18.4 Å². The number of nitrogens with zero attached hydrogens (tertiary/aromatic N) is 1. The fourth-order valence-electron chi connectivity index (χ4n) is 1.46. The number of carbonyl (C=O) groups is 1. The second-order valence-electron chi connectivity index (χ2n) is 4.10. The van der Waals surface area contributed by atoms with E-state index in [0.29, 0.717) is 10.7 Å². The lowest BCUT2D eigenvalue weighted by molar-refractivity contribution is -0.772. The molecule has 2 rings (SSSR count). The number of hydrogen-bond acceptors (Lipinski definition) is 4. The van der Waals surface area contributed by atoms with Crippen LogP contribution in [0.3, 0.4) is 0 Å². The van der Waals surface area contributed by atoms with Crippen molar-refractivity contribution in [2.24, 2.45) is 7.05 Å². The summed E-state index contributed by atoms with van der Waals surface area (Å²) >= 11 is 1.07. The van der Waals surface area contributed by atoms with Gasteiger partial charge in [0, 0.05) is 5.69 Å². The average Bonchev–Trinajstić information content (AvgIpc) is 2.73. The molecule has 0 aliphatic heterocycles. The molecule has 0 saturated carbocycles. The first kappa shape index (κ1) is 14.3. The number of carbonyl (C=O) groups excluding carboxylic acids is 1. The molecule has 1 amide bonds. The molecule has 1 aromatic carbocycles. The van der Waals surface area contributed by atoms with E-state index < -0.39 is 10.9 Å². The minimum absolute atomic E-state index is 0.290. The minimum Gasteiger partial charge on any atom is -0.325 e. The standard InChI is InChI=1S/C12H12FN3O3S/c1-7(20-11-12(18)19-15-16(11)2)10(17)14-9-5-3-8(13)4-6-9/h3-7H,1-2H3,(H-,14,15,17,18)/p+1. The van der Waals surface area contributed by atoms with Crippen LogP contribution in [0.5, 0.6) is 0 Å². The van der Waals surface area contributed by atoms with Gasteiger partial charge in [-0.05, 0) is 48.2 Å². The van der Waals surface area contributed by atoms with E-state index in [1.54, 1.807) is 14.0 Å². The highest BCUT2D eigenvalue weighted by Gasteiger charge is 2.25. The van der Waals surface area contributed by atoms with Crippen LogP contribution in [-0.2, 0) is 11.8 Å². The summed E-state index contributed by atoms with van der Waals surface area (Å²) in [5.74, 6) is -0.662. The van der Waals surface area contributed by atoms with E-state index in [-0.39, 0.29) is 11.7 Å². The van der Waals surface area contributed by atoms with Crippen molar-refractivity contribution >= 4 is 23.4 Å². The topological polar surface area (TPSA) is 79.0 Å². The molecule has 1 aromatic heterocycles. The van der Waals surface area contributed by atoms with Crippen LogP contribution < -0.4 is 15.6 Å². The molecule has 0 aliphatic rings. The summed E-state index contributed by atoms with van der Waals surface area (Å²) < 4.78 is 18.7. The quantitative estimate of drug-likeness (QED) is 0.653. The number of aryl methyl sites for hydroxylation is 1. The zero-order valence-electron chi connectivity index (χ0n) is 10.8. The number of aromatic nitrogens is 2. The van der Waals surface area contributed by atoms with Gasteiger partial charge in [-0.15, -0.1) is 0 Å². The molecule has 0 radical (unpaired) electrons. The summed E-state index contributed by atoms with van der Waals surface area (Å²) in [6, 6.07) is 5.45. The Hall–Kier alpha value is -2.09. The third-order valence-corrected chi connectivity index (χ3v) is 3.76. The van der Waals surface area contributed by atoms with Crippen LogP contribution in [0.2, 0.25) is 0 Å². The second-order valence-corrected chi connectivity index (χ2v) is 5.43. The van der Waals surface area contributed by atoms with Crippen molar-refractivity contribution in [1.82, 2.24) is 5.27 Å². The van der Waals surface area contributed by atoms with E-state index in [0.717, 1.165) is 11.8 Å². The Morgan fingerprint density at radius 1 is 1.45 bits per heavy atom. The molecule has 20 heavy (non-hydrogen) atoms. The number of rotatable bonds is 4. The van der Waals surface area contributed by atoms with Crippen LogP contribution in [0.15, 0.2) is 38.6 Å². The maximum atomic E-state index is 12.8. The van der Waals surface area contributed by atoms with Gasteiger partial charge in [0.2, 0.25) is 5.91 Å². The highest BCUT2D eigenvalue weighted by atomic mass is 32.2. The Morgan fingerprint density at radius 2 is 2.10 bits per heavy atom. The summed E-state index contributed by atoms with van der Waals surface area (Å²) in [6.07, 6.45) is 0. The number of anilines is 1. The van der Waals surface area contributed by atoms with E-state index in [2.05, 4.69) is 15.1 Å². The molecule has 0 fully saturated rings. The smallest absolute Gasteiger partial charge is 0.325 e. The molecular formula is C12H13FN3O3S+. The molecule has 2 aromatic rings. The van der Waals surface area contributed by atoms with Gasteiger partial charge in [0.25, 0.3) is 0 Å². The lowest BCUT2D eigenvalue weighted by Crippen LogP contribution is -2.35. The summed E-state index contributed by atoms with van der Waals surface area (Å²) in [7, 11) is 1.61. The van der Waals surface area contributed by atoms with Crippen molar-refractivity contribution in [2.45, 2.75) is 17.2 Å². The molecule has 2 N–H and O–H groups in total. The van der Waals surface area contributed by atoms with E-state index in [1.165, 1.54) is 28.9 Å². The Bertz CT molecular complexity index is 665. The zero-order valence-corrected chi connectivity index (χ0v) is 11.7. The fourth-order valence-corrected chi connectivity index (χ4v) is 2.29. The van der Waals surface area contributed by atoms with E-state index in [1.807, 2.05) is 0 Å². The second kappa shape index (κ2) is 5.91. The molecule has 1 heterocycles. The van der Waals surface area contributed by atoms with Crippen LogP contribution in [0.1, 0.15) is 6.92 Å². The van der Waals surface area contributed by atoms with Crippen molar-refractivity contribution in [3.63, 3.8) is 0 Å². The minimum atomic E-state index is -0.529. The molecule has 1 unspecified atom stereocenters. The van der Waals surface area contributed by atoms with Gasteiger partial charge in [-0.3, -0.25) is 9.32 Å². The van der Waals surface area contributed by atoms with Crippen molar-refractivity contribution in [3.8, 4) is 0 Å². The van der Waals surface area contributed by atoms with Gasteiger partial charge in [-0.25, -0.2) is 9.18 Å². The molecular weight excluding hydrogens is 285 g/mol. The highest BCUT2D eigenvalue weighted by Crippen LogP contribution is 2.18. The van der Waals surface area contributed by atoms with Crippen LogP contribution in [0.25, 0.3) is 0 Å². The van der Waals surface area contributed by atoms with E-state index >= 15 is 0 Å². The molecule has 8 heteroatoms. The summed E-state index contributed by atoms with van der Waals surface area (Å²) in [5, 5.41) is 4.80. The third-order valence-electron chi connectivity index (χ3n) is 2.52. The molecule has 1 atom stereocenters. The van der Waals surface area contributed by atoms with Crippen LogP contribution in [0, 0.1) is 5.82 Å².